The summed E-state index contributed by atoms with van der Waals surface area (Å²) in [4.78, 5) is 36.2. The molecule has 0 bridgehead atoms. The Morgan fingerprint density at radius 3 is 2.43 bits per heavy atom. The number of ether oxygens (including phenoxy) is 3. The average molecular weight is 421 g/mol. The Kier molecular flexibility index (Phi) is 9.76. The fraction of sp³-hybridized carbons (Fsp3) is 0.591. The molecule has 0 atom stereocenters. The molecule has 30 heavy (non-hydrogen) atoms. The Bertz CT molecular complexity index is 702. The molecule has 8 heteroatoms. The lowest BCUT2D eigenvalue weighted by Crippen LogP contribution is -2.45. The van der Waals surface area contributed by atoms with Crippen LogP contribution in [0.4, 0.5) is 0 Å². The number of carbonyl (C=O) groups excluding carboxylic acids is 3. The van der Waals surface area contributed by atoms with Gasteiger partial charge in [-0.05, 0) is 44.3 Å². The van der Waals surface area contributed by atoms with E-state index in [4.69, 9.17) is 14.2 Å². The van der Waals surface area contributed by atoms with Crippen molar-refractivity contribution in [3.8, 4) is 0 Å². The minimum absolute atomic E-state index is 0.00187. The number of carbonyl (C=O) groups is 3. The smallest absolute Gasteiger partial charge is 0.338 e. The summed E-state index contributed by atoms with van der Waals surface area (Å²) in [5, 5.41) is 6.63. The van der Waals surface area contributed by atoms with Crippen LogP contribution in [0, 0.1) is 5.92 Å². The molecule has 0 spiro atoms. The van der Waals surface area contributed by atoms with E-state index in [1.165, 1.54) is 0 Å². The molecule has 166 valence electrons. The quantitative estimate of drug-likeness (QED) is 0.263. The Morgan fingerprint density at radius 1 is 1.10 bits per heavy atom. The van der Waals surface area contributed by atoms with Gasteiger partial charge < -0.3 is 24.8 Å². The molecular formula is C22H32N2O6. The summed E-state index contributed by atoms with van der Waals surface area (Å²) in [6.07, 6.45) is 4.69. The molecule has 1 aliphatic heterocycles. The van der Waals surface area contributed by atoms with Gasteiger partial charge in [-0.15, -0.1) is 0 Å². The molecule has 0 aromatic rings. The van der Waals surface area contributed by atoms with Crippen LogP contribution in [-0.4, -0.2) is 63.4 Å². The van der Waals surface area contributed by atoms with Gasteiger partial charge in [-0.25, -0.2) is 9.59 Å². The van der Waals surface area contributed by atoms with Gasteiger partial charge in [0.2, 0.25) is 0 Å². The first-order valence-electron chi connectivity index (χ1n) is 10.4. The minimum Gasteiger partial charge on any atom is -0.462 e. The Hall–Kier alpha value is -2.45. The normalized spacial score (nSPS) is 21.9. The van der Waals surface area contributed by atoms with Crippen LogP contribution in [0.25, 0.3) is 0 Å². The van der Waals surface area contributed by atoms with E-state index in [0.29, 0.717) is 36.6 Å². The second kappa shape index (κ2) is 12.3. The van der Waals surface area contributed by atoms with Crippen molar-refractivity contribution in [1.82, 2.24) is 10.6 Å². The molecule has 0 saturated carbocycles. The van der Waals surface area contributed by atoms with Crippen LogP contribution in [0.1, 0.15) is 33.1 Å². The van der Waals surface area contributed by atoms with Crippen LogP contribution in [-0.2, 0) is 28.6 Å². The second-order valence-corrected chi connectivity index (χ2v) is 7.72. The highest BCUT2D eigenvalue weighted by molar-refractivity contribution is 5.94. The Morgan fingerprint density at radius 2 is 1.77 bits per heavy atom. The predicted octanol–water partition coefficient (Wildman–Crippen LogP) is 1.43. The van der Waals surface area contributed by atoms with Crippen molar-refractivity contribution < 1.29 is 28.6 Å². The van der Waals surface area contributed by atoms with Crippen LogP contribution in [0.15, 0.2) is 35.5 Å². The first kappa shape index (κ1) is 23.8. The highest BCUT2D eigenvalue weighted by Gasteiger charge is 2.23. The van der Waals surface area contributed by atoms with E-state index in [0.717, 1.165) is 19.5 Å². The number of hydrogen-bond donors (Lipinski definition) is 2. The summed E-state index contributed by atoms with van der Waals surface area (Å²) in [6.45, 7) is 9.99. The maximum Gasteiger partial charge on any atom is 0.338 e. The largest absolute Gasteiger partial charge is 0.462 e. The number of nitrogens with one attached hydrogen (secondary N) is 2. The van der Waals surface area contributed by atoms with E-state index >= 15 is 0 Å². The first-order valence-corrected chi connectivity index (χ1v) is 10.4. The molecule has 0 unspecified atom stereocenters. The molecule has 2 N–H and O–H groups in total. The molecular weight excluding hydrogens is 388 g/mol. The van der Waals surface area contributed by atoms with Crippen molar-refractivity contribution in [3.05, 3.63) is 35.5 Å². The molecule has 1 saturated heterocycles. The maximum absolute atomic E-state index is 12.7. The summed E-state index contributed by atoms with van der Waals surface area (Å²) in [7, 11) is 0. The molecule has 0 aromatic heterocycles. The van der Waals surface area contributed by atoms with Crippen molar-refractivity contribution in [2.45, 2.75) is 39.2 Å². The second-order valence-electron chi connectivity index (χ2n) is 7.72. The third-order valence-corrected chi connectivity index (χ3v) is 4.79. The number of hydrogen-bond acceptors (Lipinski definition) is 8. The summed E-state index contributed by atoms with van der Waals surface area (Å²) >= 11 is 0. The van der Waals surface area contributed by atoms with Gasteiger partial charge in [-0.3, -0.25) is 4.79 Å². The van der Waals surface area contributed by atoms with E-state index in [1.54, 1.807) is 13.0 Å². The Labute approximate surface area is 177 Å². The van der Waals surface area contributed by atoms with Crippen LogP contribution in [0.2, 0.25) is 0 Å². The van der Waals surface area contributed by atoms with Crippen LogP contribution >= 0.6 is 0 Å². The monoisotopic (exact) mass is 420 g/mol. The highest BCUT2D eigenvalue weighted by atomic mass is 16.6. The molecule has 8 nitrogen and oxygen atoms in total. The van der Waals surface area contributed by atoms with Gasteiger partial charge in [0.1, 0.15) is 19.3 Å². The third-order valence-electron chi connectivity index (χ3n) is 4.79. The van der Waals surface area contributed by atoms with Crippen molar-refractivity contribution in [3.63, 3.8) is 0 Å². The molecule has 0 amide bonds. The van der Waals surface area contributed by atoms with Crippen molar-refractivity contribution in [2.24, 2.45) is 5.92 Å². The van der Waals surface area contributed by atoms with Crippen molar-refractivity contribution in [2.75, 3.05) is 39.4 Å². The molecule has 0 radical (unpaired) electrons. The lowest BCUT2D eigenvalue weighted by atomic mass is 9.95. The van der Waals surface area contributed by atoms with E-state index in [9.17, 15) is 14.4 Å². The van der Waals surface area contributed by atoms with E-state index in [1.807, 2.05) is 6.08 Å². The lowest BCUT2D eigenvalue weighted by molar-refractivity contribution is -0.149. The van der Waals surface area contributed by atoms with Crippen LogP contribution in [0.5, 0.6) is 0 Å². The lowest BCUT2D eigenvalue weighted by Gasteiger charge is -2.25. The third kappa shape index (κ3) is 8.12. The van der Waals surface area contributed by atoms with Gasteiger partial charge in [0.05, 0.1) is 12.0 Å². The van der Waals surface area contributed by atoms with Gasteiger partial charge in [0.25, 0.3) is 0 Å². The van der Waals surface area contributed by atoms with Crippen molar-refractivity contribution in [1.29, 1.82) is 0 Å². The molecule has 2 aliphatic rings. The Balaban J connectivity index is 1.86. The fourth-order valence-electron chi connectivity index (χ4n) is 3.17. The fourth-order valence-corrected chi connectivity index (χ4v) is 3.17. The van der Waals surface area contributed by atoms with Gasteiger partial charge in [-0.2, -0.15) is 0 Å². The SMILES string of the molecule is C=C(C)C(=O)OCCOC(=O)CC1=C(C(=O)OC2CNCC(C)CNC2)C=CCC1. The average Bonchev–Trinajstić information content (AvgIpc) is 2.69. The molecule has 1 heterocycles. The molecule has 2 rings (SSSR count). The van der Waals surface area contributed by atoms with E-state index in [-0.39, 0.29) is 31.3 Å². The zero-order valence-corrected chi connectivity index (χ0v) is 17.8. The molecule has 1 aliphatic carbocycles. The standard InChI is InChI=1S/C22H32N2O6/c1-15(2)21(26)29-9-8-28-20(25)10-17-6-4-5-7-19(17)22(27)30-18-13-23-11-16(3)12-24-14-18/h5,7,16,18,23-24H,1,4,6,8-14H2,2-3H3. The summed E-state index contributed by atoms with van der Waals surface area (Å²) in [6, 6.07) is 0. The highest BCUT2D eigenvalue weighted by Crippen LogP contribution is 2.24. The number of esters is 3. The first-order chi connectivity index (χ1) is 14.4. The van der Waals surface area contributed by atoms with Crippen LogP contribution in [0.3, 0.4) is 0 Å². The minimum atomic E-state index is -0.524. The molecule has 0 aromatic carbocycles. The maximum atomic E-state index is 12.7. The topological polar surface area (TPSA) is 103 Å². The van der Waals surface area contributed by atoms with E-state index in [2.05, 4.69) is 24.1 Å². The van der Waals surface area contributed by atoms with Gasteiger partial charge in [0.15, 0.2) is 0 Å². The van der Waals surface area contributed by atoms with Gasteiger partial charge in [-0.1, -0.05) is 25.7 Å². The van der Waals surface area contributed by atoms with E-state index < -0.39 is 17.9 Å². The summed E-state index contributed by atoms with van der Waals surface area (Å²) in [5.74, 6) is -0.900. The number of allylic oxidation sites excluding steroid dienone is 1. The van der Waals surface area contributed by atoms with Gasteiger partial charge in [0, 0.05) is 18.7 Å². The zero-order chi connectivity index (χ0) is 21.9. The summed E-state index contributed by atoms with van der Waals surface area (Å²) in [5.41, 5.74) is 1.40. The van der Waals surface area contributed by atoms with Gasteiger partial charge >= 0.3 is 17.9 Å². The predicted molar refractivity (Wildman–Crippen MR) is 112 cm³/mol. The van der Waals surface area contributed by atoms with Crippen LogP contribution < -0.4 is 10.6 Å². The van der Waals surface area contributed by atoms with Crippen molar-refractivity contribution >= 4 is 17.9 Å². The summed E-state index contributed by atoms with van der Waals surface area (Å²) < 4.78 is 15.7. The number of rotatable bonds is 8. The molecule has 1 fully saturated rings. The zero-order valence-electron chi connectivity index (χ0n) is 17.8.